The highest BCUT2D eigenvalue weighted by Gasteiger charge is 2.36. The van der Waals surface area contributed by atoms with Crippen LogP contribution in [0.2, 0.25) is 13.1 Å². The van der Waals surface area contributed by atoms with Crippen LogP contribution in [0.1, 0.15) is 23.1 Å². The highest BCUT2D eigenvalue weighted by Crippen LogP contribution is 2.30. The maximum atomic E-state index is 12.8. The topological polar surface area (TPSA) is 29.1 Å². The molecule has 0 saturated heterocycles. The minimum atomic E-state index is -1.88. The molecular weight excluding hydrogens is 346 g/mol. The second-order valence-electron chi connectivity index (χ2n) is 7.52. The van der Waals surface area contributed by atoms with Crippen molar-refractivity contribution in [3.63, 3.8) is 0 Å². The Morgan fingerprint density at radius 2 is 1.33 bits per heavy atom. The number of carbonyl (C=O) groups excluding carboxylic acids is 1. The van der Waals surface area contributed by atoms with Crippen molar-refractivity contribution in [2.45, 2.75) is 31.6 Å². The molecule has 0 aliphatic rings. The molecule has 0 bridgehead atoms. The van der Waals surface area contributed by atoms with Crippen LogP contribution < -0.4 is 10.5 Å². The van der Waals surface area contributed by atoms with Gasteiger partial charge in [0.2, 0.25) is 5.91 Å². The maximum Gasteiger partial charge on any atom is 0.220 e. The maximum absolute atomic E-state index is 12.8. The van der Waals surface area contributed by atoms with Crippen molar-refractivity contribution in [3.05, 3.63) is 102 Å². The normalized spacial score (nSPS) is 12.4. The van der Waals surface area contributed by atoms with Gasteiger partial charge in [-0.1, -0.05) is 109 Å². The van der Waals surface area contributed by atoms with E-state index in [1.165, 1.54) is 10.8 Å². The quantitative estimate of drug-likeness (QED) is 0.601. The lowest BCUT2D eigenvalue weighted by atomic mass is 10.1. The van der Waals surface area contributed by atoms with Gasteiger partial charge in [-0.05, 0) is 16.7 Å². The molecule has 0 fully saturated rings. The molecule has 0 radical (unpaired) electrons. The van der Waals surface area contributed by atoms with Crippen LogP contribution in [-0.4, -0.2) is 14.0 Å². The molecule has 3 aromatic carbocycles. The third kappa shape index (κ3) is 4.95. The summed E-state index contributed by atoms with van der Waals surface area (Å²) >= 11 is 0. The molecule has 0 aliphatic carbocycles. The van der Waals surface area contributed by atoms with E-state index in [2.05, 4.69) is 73.0 Å². The van der Waals surface area contributed by atoms with Crippen LogP contribution in [0, 0.1) is 0 Å². The third-order valence-electron chi connectivity index (χ3n) is 5.31. The Labute approximate surface area is 163 Å². The van der Waals surface area contributed by atoms with Crippen molar-refractivity contribution in [1.29, 1.82) is 0 Å². The van der Waals surface area contributed by atoms with E-state index in [0.717, 1.165) is 5.56 Å². The molecule has 3 heteroatoms. The average Bonchev–Trinajstić information content (AvgIpc) is 2.72. The van der Waals surface area contributed by atoms with Crippen LogP contribution in [0.15, 0.2) is 91.0 Å². The van der Waals surface area contributed by atoms with Crippen LogP contribution in [0.4, 0.5) is 0 Å². The third-order valence-corrected chi connectivity index (χ3v) is 9.41. The van der Waals surface area contributed by atoms with Crippen LogP contribution in [-0.2, 0) is 11.3 Å². The molecule has 3 rings (SSSR count). The van der Waals surface area contributed by atoms with Crippen LogP contribution in [0.3, 0.4) is 0 Å². The van der Waals surface area contributed by atoms with E-state index < -0.39 is 8.07 Å². The molecule has 138 valence electrons. The smallest absolute Gasteiger partial charge is 0.220 e. The van der Waals surface area contributed by atoms with E-state index in [4.69, 9.17) is 0 Å². The Hall–Kier alpha value is -2.65. The molecule has 1 N–H and O–H groups in total. The van der Waals surface area contributed by atoms with E-state index in [0.29, 0.717) is 13.0 Å². The molecule has 27 heavy (non-hydrogen) atoms. The lowest BCUT2D eigenvalue weighted by molar-refractivity contribution is -0.121. The molecule has 1 amide bonds. The fourth-order valence-corrected chi connectivity index (χ4v) is 6.77. The first-order valence-electron chi connectivity index (χ1n) is 9.48. The zero-order valence-corrected chi connectivity index (χ0v) is 17.1. The summed E-state index contributed by atoms with van der Waals surface area (Å²) in [5, 5.41) is 4.49. The summed E-state index contributed by atoms with van der Waals surface area (Å²) < 4.78 is 0. The Bertz CT molecular complexity index is 847. The highest BCUT2D eigenvalue weighted by molar-refractivity contribution is 6.91. The van der Waals surface area contributed by atoms with Gasteiger partial charge in [0.1, 0.15) is 0 Å². The Morgan fingerprint density at radius 1 is 0.815 bits per heavy atom. The molecule has 0 spiro atoms. The van der Waals surface area contributed by atoms with Crippen molar-refractivity contribution < 1.29 is 4.79 Å². The van der Waals surface area contributed by atoms with Crippen molar-refractivity contribution in [1.82, 2.24) is 5.32 Å². The standard InChI is InChI=1S/C24H27NOSi/c1-27(2,22-16-10-5-11-17-22)23(21-14-8-4-9-15-21)18-24(26)25-19-20-12-6-3-7-13-20/h3-17,23H,18-19H2,1-2H3,(H,25,26). The molecule has 2 nitrogen and oxygen atoms in total. The monoisotopic (exact) mass is 373 g/mol. The average molecular weight is 374 g/mol. The molecule has 0 aliphatic heterocycles. The molecule has 3 aromatic rings. The number of amides is 1. The molecular formula is C24H27NOSi. The van der Waals surface area contributed by atoms with E-state index in [-0.39, 0.29) is 11.4 Å². The van der Waals surface area contributed by atoms with E-state index in [1.807, 2.05) is 36.4 Å². The molecule has 0 aromatic heterocycles. The fraction of sp³-hybridized carbons (Fsp3) is 0.208. The van der Waals surface area contributed by atoms with Crippen molar-refractivity contribution in [3.8, 4) is 0 Å². The largest absolute Gasteiger partial charge is 0.352 e. The number of carbonyl (C=O) groups is 1. The summed E-state index contributed by atoms with van der Waals surface area (Å²) in [5.41, 5.74) is 2.62. The summed E-state index contributed by atoms with van der Waals surface area (Å²) in [5.74, 6) is 0.115. The molecule has 0 saturated carbocycles. The Kier molecular flexibility index (Phi) is 6.25. The van der Waals surface area contributed by atoms with Crippen molar-refractivity contribution in [2.75, 3.05) is 0 Å². The zero-order chi connectivity index (χ0) is 19.1. The van der Waals surface area contributed by atoms with E-state index >= 15 is 0 Å². The van der Waals surface area contributed by atoms with Crippen molar-refractivity contribution in [2.24, 2.45) is 0 Å². The Balaban J connectivity index is 1.79. The lowest BCUT2D eigenvalue weighted by Gasteiger charge is -2.33. The van der Waals surface area contributed by atoms with Gasteiger partial charge >= 0.3 is 0 Å². The summed E-state index contributed by atoms with van der Waals surface area (Å²) in [6, 6.07) is 31.2. The minimum Gasteiger partial charge on any atom is -0.352 e. The molecule has 1 atom stereocenters. The zero-order valence-electron chi connectivity index (χ0n) is 16.1. The van der Waals surface area contributed by atoms with E-state index in [9.17, 15) is 4.79 Å². The van der Waals surface area contributed by atoms with Gasteiger partial charge in [-0.15, -0.1) is 0 Å². The molecule has 0 heterocycles. The van der Waals surface area contributed by atoms with Crippen LogP contribution in [0.5, 0.6) is 0 Å². The van der Waals surface area contributed by atoms with Crippen molar-refractivity contribution >= 4 is 19.2 Å². The highest BCUT2D eigenvalue weighted by atomic mass is 28.3. The first-order valence-corrected chi connectivity index (χ1v) is 12.6. The summed E-state index contributed by atoms with van der Waals surface area (Å²) in [4.78, 5) is 12.8. The second-order valence-corrected chi connectivity index (χ2v) is 12.2. The second kappa shape index (κ2) is 8.83. The van der Waals surface area contributed by atoms with Gasteiger partial charge in [-0.25, -0.2) is 0 Å². The van der Waals surface area contributed by atoms with Crippen LogP contribution in [0.25, 0.3) is 0 Å². The fourth-order valence-electron chi connectivity index (χ4n) is 3.60. The number of hydrogen-bond donors (Lipinski definition) is 1. The van der Waals surface area contributed by atoms with Gasteiger partial charge in [0.05, 0.1) is 8.07 Å². The number of hydrogen-bond acceptors (Lipinski definition) is 1. The number of rotatable bonds is 7. The van der Waals surface area contributed by atoms with Gasteiger partial charge in [0.15, 0.2) is 0 Å². The minimum absolute atomic E-state index is 0.115. The summed E-state index contributed by atoms with van der Waals surface area (Å²) in [6.07, 6.45) is 0.519. The number of benzene rings is 3. The predicted molar refractivity (Wildman–Crippen MR) is 116 cm³/mol. The number of nitrogens with one attached hydrogen (secondary N) is 1. The van der Waals surface area contributed by atoms with Gasteiger partial charge < -0.3 is 5.32 Å². The summed E-state index contributed by atoms with van der Waals surface area (Å²) in [6.45, 7) is 5.31. The van der Waals surface area contributed by atoms with Crippen LogP contribution >= 0.6 is 0 Å². The van der Waals surface area contributed by atoms with Gasteiger partial charge in [0.25, 0.3) is 0 Å². The lowest BCUT2D eigenvalue weighted by Crippen LogP contribution is -2.49. The first-order chi connectivity index (χ1) is 13.1. The van der Waals surface area contributed by atoms with Gasteiger partial charge in [-0.2, -0.15) is 0 Å². The molecule has 1 unspecified atom stereocenters. The van der Waals surface area contributed by atoms with Gasteiger partial charge in [0, 0.05) is 13.0 Å². The first kappa shape index (κ1) is 19.1. The SMILES string of the molecule is C[Si](C)(c1ccccc1)C(CC(=O)NCc1ccccc1)c1ccccc1. The van der Waals surface area contributed by atoms with Gasteiger partial charge in [-0.3, -0.25) is 4.79 Å². The van der Waals surface area contributed by atoms with E-state index in [1.54, 1.807) is 0 Å². The summed E-state index contributed by atoms with van der Waals surface area (Å²) in [7, 11) is -1.88. The predicted octanol–water partition coefficient (Wildman–Crippen LogP) is 4.63. The Morgan fingerprint density at radius 3 is 1.93 bits per heavy atom.